The summed E-state index contributed by atoms with van der Waals surface area (Å²) >= 11 is 0. The lowest BCUT2D eigenvalue weighted by atomic mass is 9.94. The van der Waals surface area contributed by atoms with Crippen LogP contribution in [0.4, 0.5) is 10.5 Å². The molecule has 1 fully saturated rings. The van der Waals surface area contributed by atoms with Gasteiger partial charge in [-0.05, 0) is 30.5 Å². The minimum Gasteiger partial charge on any atom is -0.448 e. The lowest BCUT2D eigenvalue weighted by molar-refractivity contribution is -0.116. The van der Waals surface area contributed by atoms with Gasteiger partial charge in [0, 0.05) is 24.6 Å². The van der Waals surface area contributed by atoms with Crippen molar-refractivity contribution in [2.75, 3.05) is 5.32 Å². The van der Waals surface area contributed by atoms with E-state index in [0.29, 0.717) is 17.2 Å². The third kappa shape index (κ3) is 4.45. The maximum absolute atomic E-state index is 12.6. The Kier molecular flexibility index (Phi) is 5.29. The van der Waals surface area contributed by atoms with Gasteiger partial charge < -0.3 is 25.8 Å². The van der Waals surface area contributed by atoms with E-state index in [1.807, 2.05) is 36.4 Å². The van der Waals surface area contributed by atoms with Gasteiger partial charge in [0.2, 0.25) is 5.91 Å². The Morgan fingerprint density at radius 3 is 2.45 bits per heavy atom. The number of rotatable bonds is 5. The highest BCUT2D eigenvalue weighted by Gasteiger charge is 2.42. The summed E-state index contributed by atoms with van der Waals surface area (Å²) in [6, 6.07) is 13.5. The van der Waals surface area contributed by atoms with Gasteiger partial charge in [0.05, 0.1) is 12.5 Å². The second kappa shape index (κ2) is 8.03. The van der Waals surface area contributed by atoms with E-state index in [0.717, 1.165) is 31.2 Å². The largest absolute Gasteiger partial charge is 0.448 e. The molecule has 0 bridgehead atoms. The summed E-state index contributed by atoms with van der Waals surface area (Å²) in [6.07, 6.45) is 5.19. The van der Waals surface area contributed by atoms with E-state index in [1.54, 1.807) is 12.1 Å². The summed E-state index contributed by atoms with van der Waals surface area (Å²) in [5.74, 6) is 0.577. The number of anilines is 1. The maximum Gasteiger partial charge on any atom is 0.312 e. The van der Waals surface area contributed by atoms with E-state index >= 15 is 0 Å². The Hall–Kier alpha value is -3.22. The highest BCUT2D eigenvalue weighted by Crippen LogP contribution is 2.46. The van der Waals surface area contributed by atoms with Crippen LogP contribution in [0.5, 0.6) is 11.5 Å². The minimum absolute atomic E-state index is 0.0608. The van der Waals surface area contributed by atoms with Crippen LogP contribution in [0.2, 0.25) is 0 Å². The van der Waals surface area contributed by atoms with Crippen LogP contribution < -0.4 is 25.8 Å². The van der Waals surface area contributed by atoms with Crippen molar-refractivity contribution in [3.8, 4) is 11.5 Å². The second-order valence-electron chi connectivity index (χ2n) is 7.56. The number of ether oxygens (including phenoxy) is 2. The molecule has 1 spiro atoms. The van der Waals surface area contributed by atoms with Gasteiger partial charge in [0.15, 0.2) is 11.5 Å². The van der Waals surface area contributed by atoms with E-state index in [4.69, 9.17) is 15.2 Å². The highest BCUT2D eigenvalue weighted by molar-refractivity contribution is 5.92. The molecule has 152 valence electrons. The fourth-order valence-corrected chi connectivity index (χ4v) is 3.97. The topological polar surface area (TPSA) is 103 Å². The molecule has 2 aromatic rings. The van der Waals surface area contributed by atoms with E-state index < -0.39 is 17.9 Å². The van der Waals surface area contributed by atoms with Crippen LogP contribution in [0.3, 0.4) is 0 Å². The van der Waals surface area contributed by atoms with Crippen LogP contribution >= 0.6 is 0 Å². The summed E-state index contributed by atoms with van der Waals surface area (Å²) in [5.41, 5.74) is 6.71. The van der Waals surface area contributed by atoms with Crippen molar-refractivity contribution < 1.29 is 19.1 Å². The monoisotopic (exact) mass is 395 g/mol. The van der Waals surface area contributed by atoms with Crippen molar-refractivity contribution >= 4 is 17.6 Å². The highest BCUT2D eigenvalue weighted by atomic mass is 16.7. The minimum atomic E-state index is -0.674. The van der Waals surface area contributed by atoms with Gasteiger partial charge in [-0.1, -0.05) is 36.8 Å². The number of hydrogen-bond donors (Lipinski definition) is 3. The second-order valence-corrected chi connectivity index (χ2v) is 7.56. The Balaban J connectivity index is 1.42. The zero-order chi connectivity index (χ0) is 20.3. The van der Waals surface area contributed by atoms with Crippen molar-refractivity contribution in [3.05, 3.63) is 54.1 Å². The predicted molar refractivity (Wildman–Crippen MR) is 109 cm³/mol. The van der Waals surface area contributed by atoms with Gasteiger partial charge in [0.1, 0.15) is 0 Å². The maximum atomic E-state index is 12.6. The first-order chi connectivity index (χ1) is 14.0. The number of amides is 3. The number of urea groups is 1. The van der Waals surface area contributed by atoms with Crippen LogP contribution in [0, 0.1) is 0 Å². The Morgan fingerprint density at radius 1 is 1.00 bits per heavy atom. The summed E-state index contributed by atoms with van der Waals surface area (Å²) in [7, 11) is 0. The molecule has 29 heavy (non-hydrogen) atoms. The van der Waals surface area contributed by atoms with Crippen LogP contribution in [0.1, 0.15) is 50.1 Å². The van der Waals surface area contributed by atoms with Crippen molar-refractivity contribution in [1.29, 1.82) is 0 Å². The Bertz CT molecular complexity index is 894. The van der Waals surface area contributed by atoms with Crippen molar-refractivity contribution in [2.45, 2.75) is 50.4 Å². The first kappa shape index (κ1) is 19.1. The number of hydrogen-bond acceptors (Lipinski definition) is 4. The van der Waals surface area contributed by atoms with Crippen LogP contribution in [0.15, 0.2) is 48.5 Å². The molecule has 0 aromatic heterocycles. The predicted octanol–water partition coefficient (Wildman–Crippen LogP) is 3.86. The third-order valence-electron chi connectivity index (χ3n) is 5.34. The molecule has 2 aromatic carbocycles. The molecule has 1 heterocycles. The smallest absolute Gasteiger partial charge is 0.312 e. The lowest BCUT2D eigenvalue weighted by Crippen LogP contribution is -2.40. The molecule has 7 heteroatoms. The molecule has 4 N–H and O–H groups in total. The molecular weight excluding hydrogens is 370 g/mol. The fourth-order valence-electron chi connectivity index (χ4n) is 3.97. The zero-order valence-electron chi connectivity index (χ0n) is 16.1. The first-order valence-electron chi connectivity index (χ1n) is 9.96. The average molecular weight is 395 g/mol. The molecule has 0 saturated heterocycles. The number of nitrogens with one attached hydrogen (secondary N) is 2. The molecule has 7 nitrogen and oxygen atoms in total. The third-order valence-corrected chi connectivity index (χ3v) is 5.34. The molecular formula is C22H25N3O4. The summed E-state index contributed by atoms with van der Waals surface area (Å²) < 4.78 is 12.2. The standard InChI is InChI=1S/C22H25N3O4/c23-21(27)25-17(15-7-3-1-4-8-15)14-20(26)24-16-9-10-18-19(13-16)29-22(28-18)11-5-2-6-12-22/h1,3-4,7-10,13,17H,2,5-6,11-12,14H2,(H,24,26)(H3,23,25,27)/t17-/m0/s1. The summed E-state index contributed by atoms with van der Waals surface area (Å²) in [6.45, 7) is 0. The van der Waals surface area contributed by atoms with Crippen molar-refractivity contribution in [3.63, 3.8) is 0 Å². The van der Waals surface area contributed by atoms with Gasteiger partial charge in [-0.3, -0.25) is 4.79 Å². The number of carbonyl (C=O) groups excluding carboxylic acids is 2. The van der Waals surface area contributed by atoms with Gasteiger partial charge >= 0.3 is 6.03 Å². The number of primary amides is 1. The van der Waals surface area contributed by atoms with E-state index in [9.17, 15) is 9.59 Å². The molecule has 0 unspecified atom stereocenters. The first-order valence-corrected chi connectivity index (χ1v) is 9.96. The number of carbonyl (C=O) groups is 2. The van der Waals surface area contributed by atoms with Crippen molar-refractivity contribution in [2.24, 2.45) is 5.73 Å². The lowest BCUT2D eigenvalue weighted by Gasteiger charge is -2.31. The summed E-state index contributed by atoms with van der Waals surface area (Å²) in [4.78, 5) is 23.9. The van der Waals surface area contributed by atoms with Crippen molar-refractivity contribution in [1.82, 2.24) is 5.32 Å². The molecule has 2 aliphatic rings. The molecule has 0 radical (unpaired) electrons. The molecule has 4 rings (SSSR count). The van der Waals surface area contributed by atoms with Gasteiger partial charge in [-0.2, -0.15) is 0 Å². The van der Waals surface area contributed by atoms with Gasteiger partial charge in [-0.15, -0.1) is 0 Å². The molecule has 1 saturated carbocycles. The SMILES string of the molecule is NC(=O)N[C@@H](CC(=O)Nc1ccc2c(c1)OC1(CCCCC1)O2)c1ccccc1. The van der Waals surface area contributed by atoms with E-state index in [-0.39, 0.29) is 12.3 Å². The fraction of sp³-hybridized carbons (Fsp3) is 0.364. The normalized spacial score (nSPS) is 17.5. The van der Waals surface area contributed by atoms with E-state index in [1.165, 1.54) is 6.42 Å². The Morgan fingerprint density at radius 2 is 1.72 bits per heavy atom. The number of nitrogens with two attached hydrogens (primary N) is 1. The zero-order valence-corrected chi connectivity index (χ0v) is 16.1. The van der Waals surface area contributed by atoms with Crippen LogP contribution in [0.25, 0.3) is 0 Å². The van der Waals surface area contributed by atoms with Crippen LogP contribution in [-0.4, -0.2) is 17.7 Å². The number of fused-ring (bicyclic) bond motifs is 1. The number of benzene rings is 2. The molecule has 1 aliphatic carbocycles. The molecule has 3 amide bonds. The molecule has 1 aliphatic heterocycles. The van der Waals surface area contributed by atoms with Crippen LogP contribution in [-0.2, 0) is 4.79 Å². The quantitative estimate of drug-likeness (QED) is 0.715. The van der Waals surface area contributed by atoms with Gasteiger partial charge in [0.25, 0.3) is 5.79 Å². The van der Waals surface area contributed by atoms with Gasteiger partial charge in [-0.25, -0.2) is 4.79 Å². The summed E-state index contributed by atoms with van der Waals surface area (Å²) in [5, 5.41) is 5.50. The molecule has 1 atom stereocenters. The van der Waals surface area contributed by atoms with E-state index in [2.05, 4.69) is 10.6 Å². The Labute approximate surface area is 169 Å². The average Bonchev–Trinajstić information content (AvgIpc) is 3.04.